The van der Waals surface area contributed by atoms with Gasteiger partial charge in [0.15, 0.2) is 11.6 Å². The molecule has 1 aliphatic carbocycles. The van der Waals surface area contributed by atoms with E-state index in [2.05, 4.69) is 40.3 Å². The molecule has 0 aromatic carbocycles. The van der Waals surface area contributed by atoms with Crippen LogP contribution in [0.2, 0.25) is 0 Å². The maximum atomic E-state index is 12.9. The molecular weight excluding hydrogens is 304 g/mol. The molecule has 1 N–H and O–H groups in total. The van der Waals surface area contributed by atoms with Gasteiger partial charge in [-0.05, 0) is 38.2 Å². The Morgan fingerprint density at radius 1 is 1.33 bits per heavy atom. The molecule has 1 saturated carbocycles. The van der Waals surface area contributed by atoms with Crippen molar-refractivity contribution in [2.45, 2.75) is 58.5 Å². The lowest BCUT2D eigenvalue weighted by atomic mass is 10.0. The Morgan fingerprint density at radius 3 is 2.79 bits per heavy atom. The standard InChI is InChI=1S/C17H24N6O/c1-4-22-9-15-20-21-16(13-8-12(18-19-13)11-5-6-11)23(15)14(17(22)24)7-10(2)3/h8,10-11,14H,4-7,9H2,1-3H3,(H,18,19)/t14-/m0/s1. The molecule has 7 heteroatoms. The summed E-state index contributed by atoms with van der Waals surface area (Å²) < 4.78 is 2.02. The van der Waals surface area contributed by atoms with Crippen molar-refractivity contribution in [2.24, 2.45) is 5.92 Å². The van der Waals surface area contributed by atoms with E-state index >= 15 is 0 Å². The second-order valence-electron chi connectivity index (χ2n) is 7.29. The molecule has 1 atom stereocenters. The van der Waals surface area contributed by atoms with Crippen LogP contribution in [0.15, 0.2) is 6.07 Å². The number of aromatic amines is 1. The van der Waals surface area contributed by atoms with Gasteiger partial charge in [0, 0.05) is 18.2 Å². The Hall–Kier alpha value is -2.18. The molecule has 0 saturated heterocycles. The van der Waals surface area contributed by atoms with E-state index in [9.17, 15) is 4.79 Å². The van der Waals surface area contributed by atoms with Gasteiger partial charge in [-0.25, -0.2) is 0 Å². The van der Waals surface area contributed by atoms with E-state index < -0.39 is 0 Å². The van der Waals surface area contributed by atoms with Gasteiger partial charge in [-0.15, -0.1) is 10.2 Å². The van der Waals surface area contributed by atoms with Gasteiger partial charge in [0.05, 0.1) is 6.54 Å². The van der Waals surface area contributed by atoms with Crippen molar-refractivity contribution in [1.82, 2.24) is 29.9 Å². The fraction of sp³-hybridized carbons (Fsp3) is 0.647. The lowest BCUT2D eigenvalue weighted by Crippen LogP contribution is -2.43. The summed E-state index contributed by atoms with van der Waals surface area (Å²) in [6.07, 6.45) is 3.23. The molecule has 0 spiro atoms. The zero-order valence-electron chi connectivity index (χ0n) is 14.5. The van der Waals surface area contributed by atoms with E-state index in [4.69, 9.17) is 0 Å². The topological polar surface area (TPSA) is 79.7 Å². The van der Waals surface area contributed by atoms with E-state index in [-0.39, 0.29) is 11.9 Å². The average molecular weight is 328 g/mol. The van der Waals surface area contributed by atoms with Crippen LogP contribution in [0.25, 0.3) is 11.5 Å². The van der Waals surface area contributed by atoms with Gasteiger partial charge in [-0.3, -0.25) is 14.5 Å². The van der Waals surface area contributed by atoms with Gasteiger partial charge in [0.1, 0.15) is 11.7 Å². The van der Waals surface area contributed by atoms with Gasteiger partial charge < -0.3 is 4.90 Å². The van der Waals surface area contributed by atoms with Gasteiger partial charge >= 0.3 is 0 Å². The molecule has 128 valence electrons. The first kappa shape index (κ1) is 15.4. The number of amides is 1. The molecule has 1 amide bonds. The SMILES string of the molecule is CCN1Cc2nnc(-c3cc(C4CC4)[nH]n3)n2[C@@H](CC(C)C)C1=O. The number of carbonyl (C=O) groups excluding carboxylic acids is 1. The summed E-state index contributed by atoms with van der Waals surface area (Å²) in [7, 11) is 0. The highest BCUT2D eigenvalue weighted by Gasteiger charge is 2.36. The third kappa shape index (κ3) is 2.52. The van der Waals surface area contributed by atoms with Crippen molar-refractivity contribution in [3.05, 3.63) is 17.6 Å². The Morgan fingerprint density at radius 2 is 2.12 bits per heavy atom. The van der Waals surface area contributed by atoms with Crippen molar-refractivity contribution in [1.29, 1.82) is 0 Å². The van der Waals surface area contributed by atoms with Crippen LogP contribution in [0.5, 0.6) is 0 Å². The smallest absolute Gasteiger partial charge is 0.246 e. The first-order valence-corrected chi connectivity index (χ1v) is 8.86. The summed E-state index contributed by atoms with van der Waals surface area (Å²) in [6.45, 7) is 7.51. The van der Waals surface area contributed by atoms with Crippen LogP contribution in [0, 0.1) is 5.92 Å². The first-order chi connectivity index (χ1) is 11.6. The van der Waals surface area contributed by atoms with Gasteiger partial charge in [-0.1, -0.05) is 13.8 Å². The number of hydrogen-bond acceptors (Lipinski definition) is 4. The first-order valence-electron chi connectivity index (χ1n) is 8.86. The third-order valence-electron chi connectivity index (χ3n) is 4.93. The van der Waals surface area contributed by atoms with Crippen LogP contribution < -0.4 is 0 Å². The predicted octanol–water partition coefficient (Wildman–Crippen LogP) is 2.49. The van der Waals surface area contributed by atoms with Crippen molar-refractivity contribution in [2.75, 3.05) is 6.54 Å². The highest BCUT2D eigenvalue weighted by Crippen LogP contribution is 2.40. The lowest BCUT2D eigenvalue weighted by molar-refractivity contribution is -0.137. The number of likely N-dealkylation sites (N-methyl/N-ethyl adjacent to an activating group) is 1. The Kier molecular flexibility index (Phi) is 3.66. The van der Waals surface area contributed by atoms with Gasteiger partial charge in [0.2, 0.25) is 5.91 Å². The number of carbonyl (C=O) groups is 1. The van der Waals surface area contributed by atoms with E-state index in [1.54, 1.807) is 0 Å². The van der Waals surface area contributed by atoms with Gasteiger partial charge in [0.25, 0.3) is 0 Å². The molecule has 1 aliphatic heterocycles. The number of H-pyrrole nitrogens is 1. The zero-order valence-corrected chi connectivity index (χ0v) is 14.5. The Balaban J connectivity index is 1.75. The normalized spacial score (nSPS) is 20.8. The van der Waals surface area contributed by atoms with Crippen molar-refractivity contribution >= 4 is 5.91 Å². The van der Waals surface area contributed by atoms with Crippen molar-refractivity contribution in [3.8, 4) is 11.5 Å². The molecule has 0 bridgehead atoms. The highest BCUT2D eigenvalue weighted by atomic mass is 16.2. The lowest BCUT2D eigenvalue weighted by Gasteiger charge is -2.33. The van der Waals surface area contributed by atoms with Crippen LogP contribution in [0.4, 0.5) is 0 Å². The Labute approximate surface area is 141 Å². The van der Waals surface area contributed by atoms with Crippen LogP contribution in [0.1, 0.15) is 63.5 Å². The molecule has 4 rings (SSSR count). The minimum Gasteiger partial charge on any atom is -0.334 e. The molecular formula is C17H24N6O. The maximum Gasteiger partial charge on any atom is 0.246 e. The average Bonchev–Trinajstić information content (AvgIpc) is 3.14. The molecule has 24 heavy (non-hydrogen) atoms. The predicted molar refractivity (Wildman–Crippen MR) is 89.2 cm³/mol. The molecule has 3 heterocycles. The highest BCUT2D eigenvalue weighted by molar-refractivity contribution is 5.82. The fourth-order valence-corrected chi connectivity index (χ4v) is 3.48. The summed E-state index contributed by atoms with van der Waals surface area (Å²) in [5, 5.41) is 16.3. The van der Waals surface area contributed by atoms with Crippen molar-refractivity contribution in [3.63, 3.8) is 0 Å². The zero-order chi connectivity index (χ0) is 16.8. The number of fused-ring (bicyclic) bond motifs is 1. The number of nitrogens with zero attached hydrogens (tertiary/aromatic N) is 5. The monoisotopic (exact) mass is 328 g/mol. The van der Waals surface area contributed by atoms with Crippen molar-refractivity contribution < 1.29 is 4.79 Å². The largest absolute Gasteiger partial charge is 0.334 e. The molecule has 2 aromatic rings. The molecule has 0 radical (unpaired) electrons. The minimum atomic E-state index is -0.236. The summed E-state index contributed by atoms with van der Waals surface area (Å²) in [6, 6.07) is 1.83. The summed E-state index contributed by atoms with van der Waals surface area (Å²) in [4.78, 5) is 14.7. The fourth-order valence-electron chi connectivity index (χ4n) is 3.48. The van der Waals surface area contributed by atoms with Crippen LogP contribution >= 0.6 is 0 Å². The number of aromatic nitrogens is 5. The summed E-state index contributed by atoms with van der Waals surface area (Å²) in [5.74, 6) is 2.76. The summed E-state index contributed by atoms with van der Waals surface area (Å²) in [5.41, 5.74) is 1.96. The molecule has 0 unspecified atom stereocenters. The maximum absolute atomic E-state index is 12.9. The summed E-state index contributed by atoms with van der Waals surface area (Å²) >= 11 is 0. The minimum absolute atomic E-state index is 0.165. The number of rotatable bonds is 5. The van der Waals surface area contributed by atoms with E-state index in [0.29, 0.717) is 30.7 Å². The molecule has 1 fully saturated rings. The van der Waals surface area contributed by atoms with E-state index in [1.165, 1.54) is 18.5 Å². The van der Waals surface area contributed by atoms with Gasteiger partial charge in [-0.2, -0.15) is 5.10 Å². The second-order valence-corrected chi connectivity index (χ2v) is 7.29. The van der Waals surface area contributed by atoms with Crippen LogP contribution in [0.3, 0.4) is 0 Å². The molecule has 2 aromatic heterocycles. The molecule has 7 nitrogen and oxygen atoms in total. The van der Waals surface area contributed by atoms with E-state index in [1.807, 2.05) is 16.4 Å². The quantitative estimate of drug-likeness (QED) is 0.914. The number of hydrogen-bond donors (Lipinski definition) is 1. The number of nitrogens with one attached hydrogen (secondary N) is 1. The van der Waals surface area contributed by atoms with E-state index in [0.717, 1.165) is 17.9 Å². The van der Waals surface area contributed by atoms with Crippen LogP contribution in [-0.2, 0) is 11.3 Å². The third-order valence-corrected chi connectivity index (χ3v) is 4.93. The second kappa shape index (κ2) is 5.72. The Bertz CT molecular complexity index is 757. The molecule has 2 aliphatic rings. The van der Waals surface area contributed by atoms with Crippen LogP contribution in [-0.4, -0.2) is 42.3 Å².